The number of benzene rings is 3. The van der Waals surface area contributed by atoms with Gasteiger partial charge in [0.2, 0.25) is 0 Å². The van der Waals surface area contributed by atoms with E-state index in [1.165, 1.54) is 38.8 Å². The highest BCUT2D eigenvalue weighted by Gasteiger charge is 2.35. The number of phenolic OH excluding ortho intramolecular Hbond substituents is 1. The molecule has 0 amide bonds. The molecule has 1 fully saturated rings. The molecule has 0 atom stereocenters. The zero-order valence-electron chi connectivity index (χ0n) is 23.1. The quantitative estimate of drug-likeness (QED) is 0.366. The fraction of sp³-hybridized carbons (Fsp3) is 0.529. The summed E-state index contributed by atoms with van der Waals surface area (Å²) in [5, 5.41) is 13.8. The summed E-state index contributed by atoms with van der Waals surface area (Å²) in [4.78, 5) is 0. The van der Waals surface area contributed by atoms with Crippen molar-refractivity contribution in [1.82, 2.24) is 0 Å². The van der Waals surface area contributed by atoms with Crippen LogP contribution >= 0.6 is 0 Å². The van der Waals surface area contributed by atoms with E-state index in [-0.39, 0.29) is 10.8 Å². The zero-order valence-corrected chi connectivity index (χ0v) is 23.1. The van der Waals surface area contributed by atoms with Crippen molar-refractivity contribution in [2.45, 2.75) is 85.0 Å². The van der Waals surface area contributed by atoms with Crippen molar-refractivity contribution in [2.75, 3.05) is 19.8 Å². The van der Waals surface area contributed by atoms with Crippen LogP contribution in [0, 0.1) is 10.8 Å². The number of aromatic hydroxyl groups is 1. The molecule has 3 aromatic rings. The fourth-order valence-corrected chi connectivity index (χ4v) is 7.91. The van der Waals surface area contributed by atoms with Crippen molar-refractivity contribution < 1.29 is 14.6 Å². The third-order valence-corrected chi connectivity index (χ3v) is 8.87. The minimum Gasteiger partial charge on any atom is -0.507 e. The Morgan fingerprint density at radius 1 is 0.865 bits per heavy atom. The summed E-state index contributed by atoms with van der Waals surface area (Å²) in [6.07, 6.45) is 8.41. The van der Waals surface area contributed by atoms with Gasteiger partial charge in [-0.25, -0.2) is 0 Å². The van der Waals surface area contributed by atoms with E-state index in [2.05, 4.69) is 64.1 Å². The van der Waals surface area contributed by atoms with E-state index < -0.39 is 0 Å². The van der Waals surface area contributed by atoms with Gasteiger partial charge in [-0.1, -0.05) is 52.0 Å². The van der Waals surface area contributed by atoms with Gasteiger partial charge in [-0.05, 0) is 102 Å². The van der Waals surface area contributed by atoms with E-state index in [0.29, 0.717) is 11.7 Å². The molecule has 1 aliphatic carbocycles. The molecule has 0 radical (unpaired) electrons. The molecule has 3 heteroatoms. The topological polar surface area (TPSA) is 38.7 Å². The van der Waals surface area contributed by atoms with Gasteiger partial charge in [0.1, 0.15) is 11.5 Å². The van der Waals surface area contributed by atoms with E-state index >= 15 is 0 Å². The van der Waals surface area contributed by atoms with Gasteiger partial charge in [-0.15, -0.1) is 0 Å². The number of fused-ring (bicyclic) bond motifs is 7. The Bertz CT molecular complexity index is 1320. The molecule has 3 aromatic carbocycles. The third-order valence-electron chi connectivity index (χ3n) is 8.87. The second-order valence-electron chi connectivity index (χ2n) is 13.3. The van der Waals surface area contributed by atoms with Crippen LogP contribution in [0.15, 0.2) is 36.4 Å². The molecular formula is C34H42O3. The van der Waals surface area contributed by atoms with Crippen LogP contribution in [0.1, 0.15) is 88.0 Å². The maximum Gasteiger partial charge on any atom is 0.126 e. The highest BCUT2D eigenvalue weighted by atomic mass is 16.5. The summed E-state index contributed by atoms with van der Waals surface area (Å²) in [6, 6.07) is 13.4. The second-order valence-corrected chi connectivity index (χ2v) is 13.3. The number of hydrogen-bond donors (Lipinski definition) is 1. The van der Waals surface area contributed by atoms with Crippen LogP contribution in [-0.4, -0.2) is 24.9 Å². The molecular weight excluding hydrogens is 456 g/mol. The normalized spacial score (nSPS) is 21.4. The maximum atomic E-state index is 11.6. The maximum absolute atomic E-state index is 11.6. The lowest BCUT2D eigenvalue weighted by atomic mass is 9.70. The van der Waals surface area contributed by atoms with Crippen molar-refractivity contribution in [3.05, 3.63) is 58.7 Å². The lowest BCUT2D eigenvalue weighted by Crippen LogP contribution is -2.26. The first-order chi connectivity index (χ1) is 17.7. The molecule has 0 unspecified atom stereocenters. The van der Waals surface area contributed by atoms with Gasteiger partial charge in [0.25, 0.3) is 0 Å². The van der Waals surface area contributed by atoms with Gasteiger partial charge in [-0.2, -0.15) is 0 Å². The van der Waals surface area contributed by atoms with Crippen molar-refractivity contribution in [2.24, 2.45) is 10.8 Å². The lowest BCUT2D eigenvalue weighted by molar-refractivity contribution is 0.112. The standard InChI is InChI=1S/C34H42O3/c1-33(2)19-23-9-5-6-12-25(23)30-24(20-34(3,4)21-33)17-29(35)28-18-27(22-10-7-14-36-15-8-11-22)32-26(31(28)30)13-16-37-32/h5-6,9,12,17-18,22,35H,7-8,10-11,13-16,19-21H2,1-4H3. The molecule has 37 heavy (non-hydrogen) atoms. The molecule has 0 spiro atoms. The summed E-state index contributed by atoms with van der Waals surface area (Å²) in [5.41, 5.74) is 8.27. The SMILES string of the molecule is CC1(C)Cc2ccccc2-c2c(cc(O)c3cc(C4CCCOCCC4)c4c(c23)CCO4)CC(C)(C)C1. The van der Waals surface area contributed by atoms with E-state index in [9.17, 15) is 5.11 Å². The third kappa shape index (κ3) is 4.65. The van der Waals surface area contributed by atoms with Gasteiger partial charge in [0.15, 0.2) is 0 Å². The predicted octanol–water partition coefficient (Wildman–Crippen LogP) is 8.36. The van der Waals surface area contributed by atoms with Crippen LogP contribution in [-0.2, 0) is 24.0 Å². The molecule has 2 heterocycles. The summed E-state index contributed by atoms with van der Waals surface area (Å²) >= 11 is 0. The van der Waals surface area contributed by atoms with Crippen molar-refractivity contribution in [3.63, 3.8) is 0 Å². The highest BCUT2D eigenvalue weighted by Crippen LogP contribution is 2.52. The van der Waals surface area contributed by atoms with Crippen LogP contribution in [0.5, 0.6) is 11.5 Å². The first-order valence-corrected chi connectivity index (χ1v) is 14.4. The Morgan fingerprint density at radius 2 is 1.57 bits per heavy atom. The Balaban J connectivity index is 1.64. The molecule has 3 nitrogen and oxygen atoms in total. The van der Waals surface area contributed by atoms with Crippen LogP contribution < -0.4 is 4.74 Å². The molecule has 0 aromatic heterocycles. The summed E-state index contributed by atoms with van der Waals surface area (Å²) in [5.74, 6) is 1.98. The number of rotatable bonds is 1. The first kappa shape index (κ1) is 24.8. The van der Waals surface area contributed by atoms with Crippen molar-refractivity contribution in [3.8, 4) is 22.6 Å². The summed E-state index contributed by atoms with van der Waals surface area (Å²) in [7, 11) is 0. The van der Waals surface area contributed by atoms with Gasteiger partial charge >= 0.3 is 0 Å². The molecule has 6 rings (SSSR count). The molecule has 0 bridgehead atoms. The average Bonchev–Trinajstić information content (AvgIpc) is 3.29. The van der Waals surface area contributed by atoms with Gasteiger partial charge in [0, 0.05) is 36.0 Å². The van der Waals surface area contributed by atoms with E-state index in [1.54, 1.807) is 0 Å². The molecule has 1 N–H and O–H groups in total. The Hall–Kier alpha value is -2.52. The Labute approximate surface area is 222 Å². The Morgan fingerprint density at radius 3 is 2.32 bits per heavy atom. The zero-order chi connectivity index (χ0) is 25.8. The summed E-state index contributed by atoms with van der Waals surface area (Å²) < 4.78 is 12.2. The average molecular weight is 499 g/mol. The van der Waals surface area contributed by atoms with Crippen LogP contribution in [0.4, 0.5) is 0 Å². The van der Waals surface area contributed by atoms with Crippen LogP contribution in [0.2, 0.25) is 0 Å². The smallest absolute Gasteiger partial charge is 0.126 e. The molecule has 3 aliphatic rings. The van der Waals surface area contributed by atoms with Gasteiger partial charge in [-0.3, -0.25) is 0 Å². The van der Waals surface area contributed by atoms with Crippen LogP contribution in [0.3, 0.4) is 0 Å². The largest absolute Gasteiger partial charge is 0.507 e. The first-order valence-electron chi connectivity index (χ1n) is 14.4. The van der Waals surface area contributed by atoms with Crippen LogP contribution in [0.25, 0.3) is 21.9 Å². The lowest BCUT2D eigenvalue weighted by Gasteiger charge is -2.35. The molecule has 0 saturated carbocycles. The van der Waals surface area contributed by atoms with Gasteiger partial charge < -0.3 is 14.6 Å². The summed E-state index contributed by atoms with van der Waals surface area (Å²) in [6.45, 7) is 12.0. The number of hydrogen-bond acceptors (Lipinski definition) is 3. The molecule has 2 aliphatic heterocycles. The second kappa shape index (κ2) is 9.34. The predicted molar refractivity (Wildman–Crippen MR) is 152 cm³/mol. The van der Waals surface area contributed by atoms with Gasteiger partial charge in [0.05, 0.1) is 6.61 Å². The van der Waals surface area contributed by atoms with E-state index in [4.69, 9.17) is 9.47 Å². The van der Waals surface area contributed by atoms with Crippen molar-refractivity contribution in [1.29, 1.82) is 0 Å². The minimum atomic E-state index is 0.126. The Kier molecular flexibility index (Phi) is 6.26. The highest BCUT2D eigenvalue weighted by molar-refractivity contribution is 6.06. The number of ether oxygens (including phenoxy) is 2. The minimum absolute atomic E-state index is 0.126. The number of phenols is 1. The fourth-order valence-electron chi connectivity index (χ4n) is 7.91. The molecule has 196 valence electrons. The molecule has 1 saturated heterocycles. The monoisotopic (exact) mass is 498 g/mol. The van der Waals surface area contributed by atoms with Crippen molar-refractivity contribution >= 4 is 10.8 Å². The van der Waals surface area contributed by atoms with E-state index in [0.717, 1.165) is 82.3 Å². The van der Waals surface area contributed by atoms with E-state index in [1.807, 2.05) is 0 Å².